The number of carbonyl (C=O) groups excluding carboxylic acids is 2. The molecule has 3 aromatic rings. The predicted molar refractivity (Wildman–Crippen MR) is 110 cm³/mol. The monoisotopic (exact) mass is 431 g/mol. The number of aryl methyl sites for hydroxylation is 2. The van der Waals surface area contributed by atoms with Crippen LogP contribution in [0.5, 0.6) is 0 Å². The lowest BCUT2D eigenvalue weighted by Crippen LogP contribution is -2.40. The summed E-state index contributed by atoms with van der Waals surface area (Å²) < 4.78 is 1.57. The fourth-order valence-electron chi connectivity index (χ4n) is 3.63. The Morgan fingerprint density at radius 3 is 2.45 bits per heavy atom. The van der Waals surface area contributed by atoms with Crippen molar-refractivity contribution in [3.05, 3.63) is 57.1 Å². The SMILES string of the molecule is Cc1cc(C)n2nc(C(=O)N3CCC(C(=O)c4ccc(Cl)c(Cl)c4)CC3)nc2n1. The molecule has 0 unspecified atom stereocenters. The molecule has 0 atom stereocenters. The van der Waals surface area contributed by atoms with Crippen molar-refractivity contribution >= 4 is 40.7 Å². The minimum absolute atomic E-state index is 0.0248. The van der Waals surface area contributed by atoms with Crippen LogP contribution in [0.15, 0.2) is 24.3 Å². The van der Waals surface area contributed by atoms with Gasteiger partial charge in [-0.25, -0.2) is 9.50 Å². The van der Waals surface area contributed by atoms with Crippen molar-refractivity contribution in [2.45, 2.75) is 26.7 Å². The Labute approximate surface area is 177 Å². The van der Waals surface area contributed by atoms with Gasteiger partial charge in [0.25, 0.3) is 11.7 Å². The van der Waals surface area contributed by atoms with Crippen LogP contribution in [0.3, 0.4) is 0 Å². The number of aromatic nitrogens is 4. The van der Waals surface area contributed by atoms with E-state index < -0.39 is 0 Å². The summed E-state index contributed by atoms with van der Waals surface area (Å²) in [5.41, 5.74) is 2.23. The van der Waals surface area contributed by atoms with Crippen molar-refractivity contribution in [1.29, 1.82) is 0 Å². The number of benzene rings is 1. The van der Waals surface area contributed by atoms with Crippen LogP contribution in [-0.4, -0.2) is 49.3 Å². The minimum Gasteiger partial charge on any atom is -0.336 e. The summed E-state index contributed by atoms with van der Waals surface area (Å²) in [6.07, 6.45) is 1.16. The third-order valence-electron chi connectivity index (χ3n) is 5.17. The molecule has 4 rings (SSSR count). The molecule has 3 heterocycles. The molecule has 0 N–H and O–H groups in total. The number of piperidine rings is 1. The molecule has 1 amide bonds. The van der Waals surface area contributed by atoms with Gasteiger partial charge in [0.1, 0.15) is 0 Å². The van der Waals surface area contributed by atoms with E-state index in [-0.39, 0.29) is 23.4 Å². The zero-order chi connectivity index (χ0) is 20.7. The second-order valence-electron chi connectivity index (χ2n) is 7.25. The zero-order valence-corrected chi connectivity index (χ0v) is 17.5. The lowest BCUT2D eigenvalue weighted by Gasteiger charge is -2.30. The van der Waals surface area contributed by atoms with Gasteiger partial charge in [-0.05, 0) is 51.0 Å². The van der Waals surface area contributed by atoms with Gasteiger partial charge in [0.05, 0.1) is 10.0 Å². The van der Waals surface area contributed by atoms with Crippen molar-refractivity contribution in [3.63, 3.8) is 0 Å². The van der Waals surface area contributed by atoms with Gasteiger partial charge in [-0.2, -0.15) is 4.98 Å². The second-order valence-corrected chi connectivity index (χ2v) is 8.06. The highest BCUT2D eigenvalue weighted by molar-refractivity contribution is 6.42. The van der Waals surface area contributed by atoms with Crippen molar-refractivity contribution < 1.29 is 9.59 Å². The first-order chi connectivity index (χ1) is 13.8. The van der Waals surface area contributed by atoms with E-state index in [9.17, 15) is 9.59 Å². The Kier molecular flexibility index (Phi) is 5.27. The summed E-state index contributed by atoms with van der Waals surface area (Å²) >= 11 is 12.0. The van der Waals surface area contributed by atoms with Crippen LogP contribution in [0.2, 0.25) is 10.0 Å². The molecule has 2 aromatic heterocycles. The molecule has 7 nitrogen and oxygen atoms in total. The van der Waals surface area contributed by atoms with Gasteiger partial charge >= 0.3 is 0 Å². The zero-order valence-electron chi connectivity index (χ0n) is 16.0. The molecule has 1 aliphatic rings. The van der Waals surface area contributed by atoms with Gasteiger partial charge in [0.2, 0.25) is 5.82 Å². The maximum absolute atomic E-state index is 12.8. The van der Waals surface area contributed by atoms with Crippen molar-refractivity contribution in [3.8, 4) is 0 Å². The highest BCUT2D eigenvalue weighted by atomic mass is 35.5. The Bertz CT molecular complexity index is 1120. The molecular weight excluding hydrogens is 413 g/mol. The lowest BCUT2D eigenvalue weighted by atomic mass is 9.89. The van der Waals surface area contributed by atoms with Gasteiger partial charge < -0.3 is 4.90 Å². The van der Waals surface area contributed by atoms with Gasteiger partial charge in [0, 0.05) is 36.0 Å². The van der Waals surface area contributed by atoms with E-state index in [0.29, 0.717) is 47.3 Å². The highest BCUT2D eigenvalue weighted by Gasteiger charge is 2.30. The quantitative estimate of drug-likeness (QED) is 0.589. The molecule has 0 radical (unpaired) electrons. The van der Waals surface area contributed by atoms with Gasteiger partial charge in [-0.3, -0.25) is 9.59 Å². The smallest absolute Gasteiger partial charge is 0.293 e. The van der Waals surface area contributed by atoms with E-state index >= 15 is 0 Å². The summed E-state index contributed by atoms with van der Waals surface area (Å²) in [4.78, 5) is 35.9. The molecule has 1 aromatic carbocycles. The summed E-state index contributed by atoms with van der Waals surface area (Å²) in [5, 5.41) is 5.09. The number of rotatable bonds is 3. The number of Topliss-reactive ketones (excluding diaryl/α,β-unsaturated/α-hetero) is 1. The predicted octanol–water partition coefficient (Wildman–Crippen LogP) is 3.78. The number of ketones is 1. The summed E-state index contributed by atoms with van der Waals surface area (Å²) in [7, 11) is 0. The lowest BCUT2D eigenvalue weighted by molar-refractivity contribution is 0.0640. The number of likely N-dealkylation sites (tertiary alicyclic amines) is 1. The summed E-state index contributed by atoms with van der Waals surface area (Å²) in [6.45, 7) is 4.71. The number of hydrogen-bond acceptors (Lipinski definition) is 5. The average molecular weight is 432 g/mol. The fraction of sp³-hybridized carbons (Fsp3) is 0.350. The van der Waals surface area contributed by atoms with Crippen LogP contribution in [0, 0.1) is 19.8 Å². The Morgan fingerprint density at radius 2 is 1.76 bits per heavy atom. The molecule has 1 aliphatic heterocycles. The van der Waals surface area contributed by atoms with E-state index in [1.54, 1.807) is 27.6 Å². The van der Waals surface area contributed by atoms with Crippen LogP contribution in [-0.2, 0) is 0 Å². The molecule has 0 spiro atoms. The van der Waals surface area contributed by atoms with Gasteiger partial charge in [-0.15, -0.1) is 5.10 Å². The molecule has 0 saturated carbocycles. The average Bonchev–Trinajstić information content (AvgIpc) is 3.13. The Morgan fingerprint density at radius 1 is 1.03 bits per heavy atom. The normalized spacial score (nSPS) is 15.1. The van der Waals surface area contributed by atoms with E-state index in [2.05, 4.69) is 15.1 Å². The van der Waals surface area contributed by atoms with E-state index in [1.165, 1.54) is 0 Å². The summed E-state index contributed by atoms with van der Waals surface area (Å²) in [5.74, 6) is 0.165. The molecule has 1 fully saturated rings. The Hall–Kier alpha value is -2.51. The third-order valence-corrected chi connectivity index (χ3v) is 5.91. The molecule has 1 saturated heterocycles. The number of hydrogen-bond donors (Lipinski definition) is 0. The van der Waals surface area contributed by atoms with E-state index in [0.717, 1.165) is 11.4 Å². The first-order valence-electron chi connectivity index (χ1n) is 9.33. The molecular formula is C20H19Cl2N5O2. The third kappa shape index (κ3) is 3.84. The molecule has 29 heavy (non-hydrogen) atoms. The molecule has 0 aliphatic carbocycles. The van der Waals surface area contributed by atoms with Gasteiger partial charge in [0.15, 0.2) is 5.78 Å². The minimum atomic E-state index is -0.243. The second kappa shape index (κ2) is 7.72. The van der Waals surface area contributed by atoms with Crippen LogP contribution >= 0.6 is 23.2 Å². The number of nitrogens with zero attached hydrogens (tertiary/aromatic N) is 5. The first-order valence-corrected chi connectivity index (χ1v) is 10.1. The maximum atomic E-state index is 12.8. The maximum Gasteiger partial charge on any atom is 0.293 e. The first kappa shape index (κ1) is 19.8. The van der Waals surface area contributed by atoms with Crippen molar-refractivity contribution in [2.24, 2.45) is 5.92 Å². The topological polar surface area (TPSA) is 80.5 Å². The van der Waals surface area contributed by atoms with Gasteiger partial charge in [-0.1, -0.05) is 23.2 Å². The molecule has 150 valence electrons. The Balaban J connectivity index is 1.45. The molecule has 9 heteroatoms. The van der Waals surface area contributed by atoms with Crippen LogP contribution in [0.1, 0.15) is 45.2 Å². The van der Waals surface area contributed by atoms with Crippen LogP contribution in [0.25, 0.3) is 5.78 Å². The standard InChI is InChI=1S/C20H19Cl2N5O2/c1-11-9-12(2)27-20(23-11)24-18(25-27)19(29)26-7-5-13(6-8-26)17(28)14-3-4-15(21)16(22)10-14/h3-4,9-10,13H,5-8H2,1-2H3. The largest absolute Gasteiger partial charge is 0.336 e. The fourth-order valence-corrected chi connectivity index (χ4v) is 3.93. The number of carbonyl (C=O) groups is 2. The van der Waals surface area contributed by atoms with Crippen molar-refractivity contribution in [2.75, 3.05) is 13.1 Å². The highest BCUT2D eigenvalue weighted by Crippen LogP contribution is 2.27. The van der Waals surface area contributed by atoms with Crippen LogP contribution in [0.4, 0.5) is 0 Å². The number of fused-ring (bicyclic) bond motifs is 1. The van der Waals surface area contributed by atoms with Crippen molar-refractivity contribution in [1.82, 2.24) is 24.5 Å². The van der Waals surface area contributed by atoms with E-state index in [4.69, 9.17) is 23.2 Å². The van der Waals surface area contributed by atoms with E-state index in [1.807, 2.05) is 19.9 Å². The van der Waals surface area contributed by atoms with Crippen LogP contribution < -0.4 is 0 Å². The summed E-state index contributed by atoms with van der Waals surface area (Å²) in [6, 6.07) is 6.80. The molecule has 0 bridgehead atoms. The number of amides is 1. The number of halogens is 2.